The highest BCUT2D eigenvalue weighted by molar-refractivity contribution is 4.76. The highest BCUT2D eigenvalue weighted by Crippen LogP contribution is 2.23. The Hall–Kier alpha value is -0.120. The van der Waals surface area contributed by atoms with E-state index in [1.54, 1.807) is 0 Å². The number of aliphatic hydroxyl groups is 1. The summed E-state index contributed by atoms with van der Waals surface area (Å²) in [6, 6.07) is 0.822. The Morgan fingerprint density at radius 2 is 1.56 bits per heavy atom. The van der Waals surface area contributed by atoms with Gasteiger partial charge < -0.3 is 15.7 Å². The lowest BCUT2D eigenvalue weighted by molar-refractivity contribution is 0.151. The maximum atomic E-state index is 8.77. The average molecular weight is 256 g/mol. The van der Waals surface area contributed by atoms with Crippen molar-refractivity contribution in [3.8, 4) is 0 Å². The molecule has 0 bridgehead atoms. The molecule has 1 saturated carbocycles. The smallest absolute Gasteiger partial charge is 0.0431 e. The highest BCUT2D eigenvalue weighted by Gasteiger charge is 2.19. The van der Waals surface area contributed by atoms with E-state index < -0.39 is 0 Å². The van der Waals surface area contributed by atoms with Crippen molar-refractivity contribution in [3.05, 3.63) is 0 Å². The fourth-order valence-corrected chi connectivity index (χ4v) is 3.00. The van der Waals surface area contributed by atoms with Crippen LogP contribution in [0.3, 0.4) is 0 Å². The Morgan fingerprint density at radius 1 is 0.889 bits per heavy atom. The zero-order valence-electron chi connectivity index (χ0n) is 11.9. The maximum absolute atomic E-state index is 8.77. The zero-order valence-corrected chi connectivity index (χ0v) is 11.9. The first-order valence-electron chi connectivity index (χ1n) is 7.93. The van der Waals surface area contributed by atoms with Crippen LogP contribution >= 0.6 is 0 Å². The third kappa shape index (κ3) is 6.72. The Bertz CT molecular complexity index is 181. The Balaban J connectivity index is 2.21. The first-order valence-corrected chi connectivity index (χ1v) is 7.93. The van der Waals surface area contributed by atoms with Gasteiger partial charge in [-0.05, 0) is 51.7 Å². The molecule has 0 saturated heterocycles. The van der Waals surface area contributed by atoms with E-state index in [1.165, 1.54) is 64.5 Å². The molecule has 1 aliphatic carbocycles. The van der Waals surface area contributed by atoms with Gasteiger partial charge in [0.1, 0.15) is 0 Å². The molecule has 108 valence electrons. The van der Waals surface area contributed by atoms with Crippen LogP contribution < -0.4 is 5.73 Å². The lowest BCUT2D eigenvalue weighted by Crippen LogP contribution is -2.38. The molecule has 3 N–H and O–H groups in total. The summed E-state index contributed by atoms with van der Waals surface area (Å²) in [5.41, 5.74) is 5.65. The topological polar surface area (TPSA) is 49.5 Å². The van der Waals surface area contributed by atoms with Gasteiger partial charge in [0.2, 0.25) is 0 Å². The number of aliphatic hydroxyl groups excluding tert-OH is 1. The quantitative estimate of drug-likeness (QED) is 0.591. The third-order valence-corrected chi connectivity index (χ3v) is 4.09. The van der Waals surface area contributed by atoms with Gasteiger partial charge in [-0.3, -0.25) is 0 Å². The van der Waals surface area contributed by atoms with E-state index in [4.69, 9.17) is 10.8 Å². The van der Waals surface area contributed by atoms with Crippen molar-refractivity contribution >= 4 is 0 Å². The number of nitrogens with zero attached hydrogens (tertiary/aromatic N) is 1. The average Bonchev–Trinajstić information content (AvgIpc) is 2.43. The second-order valence-corrected chi connectivity index (χ2v) is 5.61. The van der Waals surface area contributed by atoms with Crippen LogP contribution in [0, 0.1) is 0 Å². The van der Waals surface area contributed by atoms with Crippen molar-refractivity contribution < 1.29 is 5.11 Å². The maximum Gasteiger partial charge on any atom is 0.0431 e. The van der Waals surface area contributed by atoms with E-state index in [9.17, 15) is 0 Å². The molecule has 0 heterocycles. The fraction of sp³-hybridized carbons (Fsp3) is 1.00. The molecule has 3 heteroatoms. The molecule has 0 aliphatic heterocycles. The lowest BCUT2D eigenvalue weighted by Gasteiger charge is -2.34. The van der Waals surface area contributed by atoms with E-state index in [-0.39, 0.29) is 0 Å². The normalized spacial score (nSPS) is 17.5. The monoisotopic (exact) mass is 256 g/mol. The van der Waals surface area contributed by atoms with Gasteiger partial charge in [-0.15, -0.1) is 0 Å². The molecule has 0 unspecified atom stereocenters. The molecule has 3 nitrogen and oxygen atoms in total. The Kier molecular flexibility index (Phi) is 9.54. The van der Waals surface area contributed by atoms with Crippen LogP contribution in [-0.4, -0.2) is 42.3 Å². The molecular formula is C15H32N2O. The van der Waals surface area contributed by atoms with Gasteiger partial charge >= 0.3 is 0 Å². The van der Waals surface area contributed by atoms with Crippen molar-refractivity contribution in [2.75, 3.05) is 26.2 Å². The van der Waals surface area contributed by atoms with Crippen molar-refractivity contribution in [2.24, 2.45) is 5.73 Å². The molecule has 18 heavy (non-hydrogen) atoms. The van der Waals surface area contributed by atoms with Crippen LogP contribution in [0.25, 0.3) is 0 Å². The van der Waals surface area contributed by atoms with Crippen LogP contribution in [-0.2, 0) is 0 Å². The molecule has 0 aromatic heterocycles. The highest BCUT2D eigenvalue weighted by atomic mass is 16.2. The molecule has 0 amide bonds. The van der Waals surface area contributed by atoms with E-state index in [1.807, 2.05) is 0 Å². The van der Waals surface area contributed by atoms with Gasteiger partial charge in [-0.25, -0.2) is 0 Å². The number of hydrogen-bond donors (Lipinski definition) is 2. The molecular weight excluding hydrogens is 224 g/mol. The van der Waals surface area contributed by atoms with Crippen LogP contribution in [0.2, 0.25) is 0 Å². The van der Waals surface area contributed by atoms with Gasteiger partial charge in [0.05, 0.1) is 0 Å². The lowest BCUT2D eigenvalue weighted by atomic mass is 9.94. The molecule has 0 radical (unpaired) electrons. The Morgan fingerprint density at radius 3 is 2.22 bits per heavy atom. The molecule has 0 aromatic carbocycles. The van der Waals surface area contributed by atoms with E-state index in [0.29, 0.717) is 6.61 Å². The van der Waals surface area contributed by atoms with E-state index in [2.05, 4.69) is 4.90 Å². The minimum Gasteiger partial charge on any atom is -0.396 e. The summed E-state index contributed by atoms with van der Waals surface area (Å²) in [6.45, 7) is 3.57. The first kappa shape index (κ1) is 15.9. The summed E-state index contributed by atoms with van der Waals surface area (Å²) in [5, 5.41) is 8.77. The molecule has 0 atom stereocenters. The van der Waals surface area contributed by atoms with Crippen LogP contribution in [0.5, 0.6) is 0 Å². The summed E-state index contributed by atoms with van der Waals surface area (Å²) < 4.78 is 0. The SMILES string of the molecule is NCCCN(CCCCCCO)C1CCCCC1. The van der Waals surface area contributed by atoms with Crippen molar-refractivity contribution in [2.45, 2.75) is 70.3 Å². The second-order valence-electron chi connectivity index (χ2n) is 5.61. The minimum absolute atomic E-state index is 0.347. The number of unbranched alkanes of at least 4 members (excludes halogenated alkanes) is 3. The number of hydrogen-bond acceptors (Lipinski definition) is 3. The van der Waals surface area contributed by atoms with E-state index >= 15 is 0 Å². The standard InChI is InChI=1S/C15H32N2O/c16-11-8-13-17(12-6-1-2-7-14-18)15-9-4-3-5-10-15/h15,18H,1-14,16H2. The zero-order chi connectivity index (χ0) is 13.1. The summed E-state index contributed by atoms with van der Waals surface area (Å²) in [7, 11) is 0. The molecule has 1 aliphatic rings. The second kappa shape index (κ2) is 10.8. The van der Waals surface area contributed by atoms with Gasteiger partial charge in [-0.2, -0.15) is 0 Å². The third-order valence-electron chi connectivity index (χ3n) is 4.09. The van der Waals surface area contributed by atoms with Crippen molar-refractivity contribution in [1.82, 2.24) is 4.90 Å². The summed E-state index contributed by atoms with van der Waals surface area (Å²) in [4.78, 5) is 2.69. The van der Waals surface area contributed by atoms with E-state index in [0.717, 1.165) is 25.4 Å². The summed E-state index contributed by atoms with van der Waals surface area (Å²) in [5.74, 6) is 0. The Labute approximate surface area is 113 Å². The van der Waals surface area contributed by atoms with Crippen LogP contribution in [0.15, 0.2) is 0 Å². The molecule has 0 spiro atoms. The fourth-order valence-electron chi connectivity index (χ4n) is 3.00. The molecule has 1 fully saturated rings. The number of nitrogens with two attached hydrogens (primary N) is 1. The van der Waals surface area contributed by atoms with Gasteiger partial charge in [-0.1, -0.05) is 32.1 Å². The van der Waals surface area contributed by atoms with Crippen LogP contribution in [0.1, 0.15) is 64.2 Å². The number of rotatable bonds is 10. The van der Waals surface area contributed by atoms with Gasteiger partial charge in [0, 0.05) is 12.6 Å². The first-order chi connectivity index (χ1) is 8.88. The van der Waals surface area contributed by atoms with Crippen molar-refractivity contribution in [1.29, 1.82) is 0 Å². The van der Waals surface area contributed by atoms with Crippen molar-refractivity contribution in [3.63, 3.8) is 0 Å². The predicted octanol–water partition coefficient (Wildman–Crippen LogP) is 2.52. The largest absolute Gasteiger partial charge is 0.396 e. The molecule has 1 rings (SSSR count). The van der Waals surface area contributed by atoms with Crippen LogP contribution in [0.4, 0.5) is 0 Å². The summed E-state index contributed by atoms with van der Waals surface area (Å²) >= 11 is 0. The summed E-state index contributed by atoms with van der Waals surface area (Å²) in [6.07, 6.45) is 12.8. The minimum atomic E-state index is 0.347. The predicted molar refractivity (Wildman–Crippen MR) is 77.7 cm³/mol. The van der Waals surface area contributed by atoms with Gasteiger partial charge in [0.15, 0.2) is 0 Å². The van der Waals surface area contributed by atoms with Gasteiger partial charge in [0.25, 0.3) is 0 Å². The molecule has 0 aromatic rings.